The number of fused-ring (bicyclic) bond motifs is 1. The summed E-state index contributed by atoms with van der Waals surface area (Å²) in [6.45, 7) is 5.20. The second kappa shape index (κ2) is 9.27. The molecule has 0 amide bonds. The van der Waals surface area contributed by atoms with E-state index >= 15 is 0 Å². The zero-order chi connectivity index (χ0) is 20.0. The van der Waals surface area contributed by atoms with Crippen LogP contribution >= 0.6 is 0 Å². The molecule has 0 saturated heterocycles. The zero-order valence-corrected chi connectivity index (χ0v) is 16.5. The highest BCUT2D eigenvalue weighted by Gasteiger charge is 2.57. The minimum atomic E-state index is -1.81. The number of aliphatic hydroxyl groups is 1. The largest absolute Gasteiger partial charge is 0.464 e. The number of ketones is 2. The first-order valence-electron chi connectivity index (χ1n) is 9.95. The number of hydrogen-bond acceptors (Lipinski definition) is 5. The Bertz CT molecular complexity index is 709. The number of aryl methyl sites for hydroxylation is 1. The van der Waals surface area contributed by atoms with Gasteiger partial charge in [-0.25, -0.2) is 4.79 Å². The van der Waals surface area contributed by atoms with Crippen LogP contribution in [0.2, 0.25) is 0 Å². The molecule has 0 saturated carbocycles. The van der Waals surface area contributed by atoms with Gasteiger partial charge in [-0.05, 0) is 32.3 Å². The Hall–Kier alpha value is -2.01. The number of unbranched alkanes of at least 4 members (excludes halogenated alkanes) is 5. The van der Waals surface area contributed by atoms with Gasteiger partial charge in [0.25, 0.3) is 0 Å². The van der Waals surface area contributed by atoms with Gasteiger partial charge in [0, 0.05) is 11.1 Å². The average molecular weight is 374 g/mol. The van der Waals surface area contributed by atoms with Crippen LogP contribution in [0.4, 0.5) is 0 Å². The number of benzene rings is 1. The Balaban J connectivity index is 2.19. The lowest BCUT2D eigenvalue weighted by molar-refractivity contribution is -0.156. The Labute approximate surface area is 161 Å². The molecule has 5 heteroatoms. The van der Waals surface area contributed by atoms with E-state index < -0.39 is 29.1 Å². The minimum Gasteiger partial charge on any atom is -0.464 e. The fraction of sp³-hybridized carbons (Fsp3) is 0.591. The van der Waals surface area contributed by atoms with Crippen LogP contribution in [0.15, 0.2) is 18.2 Å². The summed E-state index contributed by atoms with van der Waals surface area (Å²) >= 11 is 0. The van der Waals surface area contributed by atoms with E-state index in [1.807, 2.05) is 6.07 Å². The molecule has 0 aliphatic heterocycles. The van der Waals surface area contributed by atoms with Crippen LogP contribution in [0.5, 0.6) is 0 Å². The Morgan fingerprint density at radius 2 is 1.74 bits per heavy atom. The highest BCUT2D eigenvalue weighted by atomic mass is 16.5. The van der Waals surface area contributed by atoms with Crippen molar-refractivity contribution in [3.8, 4) is 0 Å². The second-order valence-corrected chi connectivity index (χ2v) is 7.37. The topological polar surface area (TPSA) is 80.7 Å². The lowest BCUT2D eigenvalue weighted by atomic mass is 9.79. The summed E-state index contributed by atoms with van der Waals surface area (Å²) in [6.07, 6.45) is 5.74. The summed E-state index contributed by atoms with van der Waals surface area (Å²) in [5.41, 5.74) is -0.330. The molecular weight excluding hydrogens is 344 g/mol. The fourth-order valence-corrected chi connectivity index (χ4v) is 3.71. The van der Waals surface area contributed by atoms with Crippen molar-refractivity contribution in [1.82, 2.24) is 0 Å². The molecule has 1 aromatic rings. The molecule has 0 fully saturated rings. The molecule has 1 aliphatic carbocycles. The van der Waals surface area contributed by atoms with Crippen molar-refractivity contribution >= 4 is 17.5 Å². The summed E-state index contributed by atoms with van der Waals surface area (Å²) in [6, 6.07) is 5.22. The first-order chi connectivity index (χ1) is 12.9. The quantitative estimate of drug-likeness (QED) is 0.382. The monoisotopic (exact) mass is 374 g/mol. The Morgan fingerprint density at radius 1 is 1.07 bits per heavy atom. The van der Waals surface area contributed by atoms with E-state index in [0.29, 0.717) is 17.5 Å². The number of hydrogen-bond donors (Lipinski definition) is 1. The van der Waals surface area contributed by atoms with Crippen LogP contribution in [0.25, 0.3) is 0 Å². The summed E-state index contributed by atoms with van der Waals surface area (Å²) in [5, 5.41) is 10.4. The number of Topliss-reactive ketones (excluding diaryl/α,β-unsaturated/α-hetero) is 2. The molecule has 2 unspecified atom stereocenters. The molecule has 0 heterocycles. The van der Waals surface area contributed by atoms with Gasteiger partial charge in [-0.1, -0.05) is 57.2 Å². The van der Waals surface area contributed by atoms with Gasteiger partial charge < -0.3 is 9.84 Å². The summed E-state index contributed by atoms with van der Waals surface area (Å²) < 4.78 is 4.83. The number of aliphatic hydroxyl groups excluding tert-OH is 1. The molecule has 2 rings (SSSR count). The smallest absolute Gasteiger partial charge is 0.336 e. The first kappa shape index (κ1) is 21.3. The molecule has 1 aliphatic rings. The first-order valence-corrected chi connectivity index (χ1v) is 9.95. The maximum atomic E-state index is 13.1. The molecule has 148 valence electrons. The Morgan fingerprint density at radius 3 is 2.41 bits per heavy atom. The SMILES string of the molecule is CCCCCCCCc1cccc2c1C(=O)C(C)(C(O)C(=O)OCC)C2=O. The molecule has 0 bridgehead atoms. The molecule has 2 atom stereocenters. The van der Waals surface area contributed by atoms with Crippen LogP contribution in [0.3, 0.4) is 0 Å². The van der Waals surface area contributed by atoms with Crippen molar-refractivity contribution < 1.29 is 24.2 Å². The molecule has 5 nitrogen and oxygen atoms in total. The van der Waals surface area contributed by atoms with Crippen LogP contribution in [0.1, 0.15) is 85.6 Å². The molecule has 1 aromatic carbocycles. The lowest BCUT2D eigenvalue weighted by Gasteiger charge is -2.25. The third-order valence-electron chi connectivity index (χ3n) is 5.42. The Kier molecular flexibility index (Phi) is 7.31. The normalized spacial score (nSPS) is 19.9. The molecule has 0 radical (unpaired) electrons. The standard InChI is InChI=1S/C22H30O5/c1-4-6-7-8-9-10-12-15-13-11-14-16-17(15)19(24)22(3,18(16)23)20(25)21(26)27-5-2/h11,13-14,20,25H,4-10,12H2,1-3H3. The molecule has 0 spiro atoms. The highest BCUT2D eigenvalue weighted by Crippen LogP contribution is 2.41. The third-order valence-corrected chi connectivity index (χ3v) is 5.42. The van der Waals surface area contributed by atoms with E-state index in [-0.39, 0.29) is 6.61 Å². The van der Waals surface area contributed by atoms with Crippen molar-refractivity contribution in [3.63, 3.8) is 0 Å². The van der Waals surface area contributed by atoms with Crippen molar-refractivity contribution in [2.45, 2.75) is 71.8 Å². The van der Waals surface area contributed by atoms with Crippen LogP contribution in [-0.4, -0.2) is 35.4 Å². The van der Waals surface area contributed by atoms with E-state index in [4.69, 9.17) is 4.74 Å². The van der Waals surface area contributed by atoms with Gasteiger partial charge >= 0.3 is 5.97 Å². The third kappa shape index (κ3) is 4.13. The van der Waals surface area contributed by atoms with Gasteiger partial charge in [-0.2, -0.15) is 0 Å². The van der Waals surface area contributed by atoms with E-state index in [0.717, 1.165) is 24.8 Å². The maximum absolute atomic E-state index is 13.1. The van der Waals surface area contributed by atoms with Gasteiger partial charge in [0.05, 0.1) is 6.61 Å². The molecule has 0 aromatic heterocycles. The minimum absolute atomic E-state index is 0.0740. The van der Waals surface area contributed by atoms with E-state index in [1.54, 1.807) is 19.1 Å². The van der Waals surface area contributed by atoms with E-state index in [9.17, 15) is 19.5 Å². The number of ether oxygens (including phenoxy) is 1. The van der Waals surface area contributed by atoms with Crippen LogP contribution in [0, 0.1) is 5.41 Å². The summed E-state index contributed by atoms with van der Waals surface area (Å²) in [4.78, 5) is 38.0. The zero-order valence-electron chi connectivity index (χ0n) is 16.5. The number of carbonyl (C=O) groups is 3. The molecule has 27 heavy (non-hydrogen) atoms. The number of rotatable bonds is 10. The van der Waals surface area contributed by atoms with Gasteiger partial charge in [-0.15, -0.1) is 0 Å². The van der Waals surface area contributed by atoms with Crippen molar-refractivity contribution in [2.24, 2.45) is 5.41 Å². The predicted octanol–water partition coefficient (Wildman–Crippen LogP) is 3.90. The van der Waals surface area contributed by atoms with Crippen molar-refractivity contribution in [2.75, 3.05) is 6.61 Å². The fourth-order valence-electron chi connectivity index (χ4n) is 3.71. The number of carbonyl (C=O) groups excluding carboxylic acids is 3. The van der Waals surface area contributed by atoms with Gasteiger partial charge in [0.15, 0.2) is 17.7 Å². The van der Waals surface area contributed by atoms with E-state index in [1.165, 1.54) is 26.2 Å². The number of esters is 1. The van der Waals surface area contributed by atoms with Gasteiger partial charge in [0.2, 0.25) is 0 Å². The molecular formula is C22H30O5. The van der Waals surface area contributed by atoms with Gasteiger partial charge in [0.1, 0.15) is 5.41 Å². The van der Waals surface area contributed by atoms with Crippen molar-refractivity contribution in [1.29, 1.82) is 0 Å². The summed E-state index contributed by atoms with van der Waals surface area (Å²) in [5.74, 6) is -1.93. The van der Waals surface area contributed by atoms with Crippen molar-refractivity contribution in [3.05, 3.63) is 34.9 Å². The molecule has 1 N–H and O–H groups in total. The van der Waals surface area contributed by atoms with Gasteiger partial charge in [-0.3, -0.25) is 9.59 Å². The predicted molar refractivity (Wildman–Crippen MR) is 103 cm³/mol. The highest BCUT2D eigenvalue weighted by molar-refractivity contribution is 6.31. The maximum Gasteiger partial charge on any atom is 0.336 e. The van der Waals surface area contributed by atoms with Crippen LogP contribution in [-0.2, 0) is 16.0 Å². The second-order valence-electron chi connectivity index (χ2n) is 7.37. The lowest BCUT2D eigenvalue weighted by Crippen LogP contribution is -2.47. The van der Waals surface area contributed by atoms with Crippen LogP contribution < -0.4 is 0 Å². The van der Waals surface area contributed by atoms with E-state index in [2.05, 4.69) is 6.92 Å². The summed E-state index contributed by atoms with van der Waals surface area (Å²) in [7, 11) is 0. The average Bonchev–Trinajstić information content (AvgIpc) is 2.87.